The van der Waals surface area contributed by atoms with Crippen LogP contribution in [0.2, 0.25) is 0 Å². The van der Waals surface area contributed by atoms with Crippen LogP contribution in [0.1, 0.15) is 25.2 Å². The lowest BCUT2D eigenvalue weighted by Gasteiger charge is -2.10. The molecule has 1 aromatic heterocycles. The van der Waals surface area contributed by atoms with Gasteiger partial charge in [-0.05, 0) is 61.6 Å². The van der Waals surface area contributed by atoms with Gasteiger partial charge in [-0.15, -0.1) is 0 Å². The first-order valence-electron chi connectivity index (χ1n) is 9.19. The Kier molecular flexibility index (Phi) is 6.13. The average Bonchev–Trinajstić information content (AvgIpc) is 3.13. The Morgan fingerprint density at radius 2 is 1.67 bits per heavy atom. The van der Waals surface area contributed by atoms with Crippen molar-refractivity contribution in [3.8, 4) is 0 Å². The molecule has 2 atom stereocenters. The first-order chi connectivity index (χ1) is 13.9. The number of amides is 1. The Labute approximate surface area is 186 Å². The van der Waals surface area contributed by atoms with Gasteiger partial charge in [0.25, 0.3) is 10.0 Å². The third-order valence-corrected chi connectivity index (χ3v) is 6.73. The van der Waals surface area contributed by atoms with Gasteiger partial charge in [0.1, 0.15) is 4.49 Å². The van der Waals surface area contributed by atoms with Crippen LogP contribution < -0.4 is 10.0 Å². The number of aromatic nitrogens is 2. The van der Waals surface area contributed by atoms with Crippen LogP contribution in [0.25, 0.3) is 0 Å². The highest BCUT2D eigenvalue weighted by Gasteiger charge is 2.60. The van der Waals surface area contributed by atoms with Crippen LogP contribution in [0.4, 0.5) is 11.6 Å². The number of hydrogen-bond donors (Lipinski definition) is 2. The van der Waals surface area contributed by atoms with E-state index in [2.05, 4.69) is 20.0 Å². The standard InChI is InChI=1S/C20H22Cl2N4O3S/c1-11-9-12(2)24-19(23-11)26-30(28,29)14-7-5-13(6-8-14)25-18(27)17-15(10-16(21)22)20(17,3)4/h5-10,15,17H,1-4H3,(H,25,27)(H,23,24,26)/t15-,17+/m1/s1. The maximum absolute atomic E-state index is 12.6. The first kappa shape index (κ1) is 22.5. The van der Waals surface area contributed by atoms with Gasteiger partial charge in [0, 0.05) is 17.1 Å². The molecule has 7 nitrogen and oxygen atoms in total. The fourth-order valence-corrected chi connectivity index (χ4v) is 4.73. The van der Waals surface area contributed by atoms with Crippen LogP contribution in [0, 0.1) is 31.1 Å². The highest BCUT2D eigenvalue weighted by molar-refractivity contribution is 7.92. The highest BCUT2D eigenvalue weighted by atomic mass is 35.5. The molecule has 0 bridgehead atoms. The van der Waals surface area contributed by atoms with Crippen molar-refractivity contribution in [2.75, 3.05) is 10.0 Å². The molecule has 1 heterocycles. The van der Waals surface area contributed by atoms with E-state index in [0.717, 1.165) is 0 Å². The lowest BCUT2D eigenvalue weighted by molar-refractivity contribution is -0.118. The molecule has 160 valence electrons. The van der Waals surface area contributed by atoms with Crippen molar-refractivity contribution in [1.82, 2.24) is 9.97 Å². The van der Waals surface area contributed by atoms with Gasteiger partial charge >= 0.3 is 0 Å². The number of carbonyl (C=O) groups excluding carboxylic acids is 1. The molecule has 3 rings (SSSR count). The third kappa shape index (κ3) is 4.94. The van der Waals surface area contributed by atoms with Crippen molar-refractivity contribution in [3.63, 3.8) is 0 Å². The lowest BCUT2D eigenvalue weighted by atomic mass is 10.1. The zero-order chi connectivity index (χ0) is 22.3. The van der Waals surface area contributed by atoms with Gasteiger partial charge in [-0.2, -0.15) is 0 Å². The number of sulfonamides is 1. The Morgan fingerprint density at radius 1 is 1.10 bits per heavy atom. The summed E-state index contributed by atoms with van der Waals surface area (Å²) in [7, 11) is -3.86. The molecule has 2 N–H and O–H groups in total. The van der Waals surface area contributed by atoms with E-state index in [1.165, 1.54) is 24.3 Å². The molecule has 1 aliphatic rings. The van der Waals surface area contributed by atoms with E-state index < -0.39 is 10.0 Å². The third-order valence-electron chi connectivity index (χ3n) is 5.14. The molecule has 1 saturated carbocycles. The van der Waals surface area contributed by atoms with Gasteiger partial charge in [-0.25, -0.2) is 23.1 Å². The monoisotopic (exact) mass is 468 g/mol. The minimum absolute atomic E-state index is 0.0119. The number of aryl methyl sites for hydroxylation is 2. The first-order valence-corrected chi connectivity index (χ1v) is 11.4. The zero-order valence-electron chi connectivity index (χ0n) is 16.9. The van der Waals surface area contributed by atoms with E-state index >= 15 is 0 Å². The van der Waals surface area contributed by atoms with E-state index in [0.29, 0.717) is 17.1 Å². The van der Waals surface area contributed by atoms with E-state index in [-0.39, 0.29) is 38.5 Å². The summed E-state index contributed by atoms with van der Waals surface area (Å²) in [6, 6.07) is 7.63. The van der Waals surface area contributed by atoms with Crippen LogP contribution in [-0.2, 0) is 14.8 Å². The second-order valence-corrected chi connectivity index (χ2v) is 10.6. The molecule has 0 saturated heterocycles. The molecule has 0 radical (unpaired) electrons. The topological polar surface area (TPSA) is 101 Å². The summed E-state index contributed by atoms with van der Waals surface area (Å²) in [6.07, 6.45) is 1.67. The number of hydrogen-bond acceptors (Lipinski definition) is 5. The summed E-state index contributed by atoms with van der Waals surface area (Å²) in [5, 5.41) is 2.81. The highest BCUT2D eigenvalue weighted by Crippen LogP contribution is 2.60. The molecular weight excluding hydrogens is 447 g/mol. The van der Waals surface area contributed by atoms with Crippen molar-refractivity contribution >= 4 is 50.8 Å². The molecule has 0 unspecified atom stereocenters. The van der Waals surface area contributed by atoms with Crippen LogP contribution >= 0.6 is 23.2 Å². The minimum atomic E-state index is -3.86. The largest absolute Gasteiger partial charge is 0.326 e. The lowest BCUT2D eigenvalue weighted by Crippen LogP contribution is -2.18. The number of nitrogens with zero attached hydrogens (tertiary/aromatic N) is 2. The van der Waals surface area contributed by atoms with E-state index in [1.807, 2.05) is 13.8 Å². The maximum Gasteiger partial charge on any atom is 0.264 e. The fourth-order valence-electron chi connectivity index (χ4n) is 3.51. The average molecular weight is 469 g/mol. The summed E-state index contributed by atoms with van der Waals surface area (Å²) >= 11 is 11.5. The smallest absolute Gasteiger partial charge is 0.264 e. The molecule has 10 heteroatoms. The zero-order valence-corrected chi connectivity index (χ0v) is 19.2. The van der Waals surface area contributed by atoms with Gasteiger partial charge in [0.15, 0.2) is 0 Å². The van der Waals surface area contributed by atoms with Crippen molar-refractivity contribution in [2.24, 2.45) is 17.3 Å². The maximum atomic E-state index is 12.6. The molecule has 1 fully saturated rings. The van der Waals surface area contributed by atoms with E-state index in [4.69, 9.17) is 23.2 Å². The second-order valence-electron chi connectivity index (χ2n) is 7.87. The van der Waals surface area contributed by atoms with E-state index in [1.54, 1.807) is 26.0 Å². The number of nitrogens with one attached hydrogen (secondary N) is 2. The molecule has 30 heavy (non-hydrogen) atoms. The van der Waals surface area contributed by atoms with Gasteiger partial charge in [-0.3, -0.25) is 4.79 Å². The number of halogens is 2. The van der Waals surface area contributed by atoms with Crippen molar-refractivity contribution < 1.29 is 13.2 Å². The summed E-state index contributed by atoms with van der Waals surface area (Å²) < 4.78 is 27.7. The van der Waals surface area contributed by atoms with Crippen molar-refractivity contribution in [3.05, 3.63) is 52.3 Å². The van der Waals surface area contributed by atoms with Crippen molar-refractivity contribution in [1.29, 1.82) is 0 Å². The Hall–Kier alpha value is -2.16. The Morgan fingerprint density at radius 3 is 2.20 bits per heavy atom. The van der Waals surface area contributed by atoms with Crippen molar-refractivity contribution in [2.45, 2.75) is 32.6 Å². The van der Waals surface area contributed by atoms with Gasteiger partial charge in [0.2, 0.25) is 11.9 Å². The predicted octanol–water partition coefficient (Wildman–Crippen LogP) is 4.42. The molecule has 1 aliphatic carbocycles. The number of benzene rings is 1. The quantitative estimate of drug-likeness (QED) is 0.652. The van der Waals surface area contributed by atoms with Crippen LogP contribution in [-0.4, -0.2) is 24.3 Å². The fraction of sp³-hybridized carbons (Fsp3) is 0.350. The number of rotatable bonds is 6. The van der Waals surface area contributed by atoms with Gasteiger partial charge in [0.05, 0.1) is 10.8 Å². The number of allylic oxidation sites excluding steroid dienone is 1. The van der Waals surface area contributed by atoms with Crippen LogP contribution in [0.15, 0.2) is 45.8 Å². The SMILES string of the molecule is Cc1cc(C)nc(NS(=O)(=O)c2ccc(NC(=O)[C@@H]3[C@@H](C=C(Cl)Cl)C3(C)C)cc2)n1. The predicted molar refractivity (Wildman–Crippen MR) is 118 cm³/mol. The summed E-state index contributed by atoms with van der Waals surface area (Å²) in [5.41, 5.74) is 1.55. The molecule has 1 amide bonds. The Balaban J connectivity index is 1.70. The van der Waals surface area contributed by atoms with Gasteiger partial charge < -0.3 is 5.32 Å². The van der Waals surface area contributed by atoms with Crippen LogP contribution in [0.5, 0.6) is 0 Å². The number of carbonyl (C=O) groups is 1. The number of anilines is 2. The summed E-state index contributed by atoms with van der Waals surface area (Å²) in [6.45, 7) is 7.44. The molecule has 0 spiro atoms. The normalized spacial score (nSPS) is 19.7. The summed E-state index contributed by atoms with van der Waals surface area (Å²) in [4.78, 5) is 20.8. The molecule has 1 aromatic carbocycles. The Bertz CT molecular complexity index is 1090. The minimum Gasteiger partial charge on any atom is -0.326 e. The van der Waals surface area contributed by atoms with Crippen LogP contribution in [0.3, 0.4) is 0 Å². The molecular formula is C20H22Cl2N4O3S. The summed E-state index contributed by atoms with van der Waals surface area (Å²) in [5.74, 6) is -0.480. The second kappa shape index (κ2) is 8.17. The molecule has 0 aliphatic heterocycles. The van der Waals surface area contributed by atoms with Gasteiger partial charge in [-0.1, -0.05) is 37.0 Å². The van der Waals surface area contributed by atoms with E-state index in [9.17, 15) is 13.2 Å². The molecule has 2 aromatic rings.